The first kappa shape index (κ1) is 12.6. The second-order valence-corrected chi connectivity index (χ2v) is 3.95. The van der Waals surface area contributed by atoms with Gasteiger partial charge in [-0.1, -0.05) is 6.92 Å². The van der Waals surface area contributed by atoms with Crippen molar-refractivity contribution in [1.29, 1.82) is 0 Å². The molecule has 0 aliphatic heterocycles. The molecule has 1 amide bonds. The van der Waals surface area contributed by atoms with Gasteiger partial charge < -0.3 is 9.80 Å². The Hall–Kier alpha value is -1.43. The number of H-pyrrole nitrogens is 1. The third kappa shape index (κ3) is 3.62. The van der Waals surface area contributed by atoms with E-state index in [2.05, 4.69) is 27.2 Å². The molecule has 0 saturated heterocycles. The molecule has 90 valence electrons. The maximum Gasteiger partial charge on any atom is 0.276 e. The van der Waals surface area contributed by atoms with Gasteiger partial charge in [-0.25, -0.2) is 0 Å². The van der Waals surface area contributed by atoms with Gasteiger partial charge in [0.25, 0.3) is 5.91 Å². The first-order chi connectivity index (χ1) is 7.65. The van der Waals surface area contributed by atoms with E-state index in [1.54, 1.807) is 4.90 Å². The van der Waals surface area contributed by atoms with Gasteiger partial charge in [0, 0.05) is 19.6 Å². The Labute approximate surface area is 95.6 Å². The summed E-state index contributed by atoms with van der Waals surface area (Å²) in [5, 5.41) is 9.91. The molecule has 0 atom stereocenters. The summed E-state index contributed by atoms with van der Waals surface area (Å²) in [4.78, 5) is 15.9. The van der Waals surface area contributed by atoms with Gasteiger partial charge in [0.2, 0.25) is 0 Å². The molecule has 1 heterocycles. The molecule has 6 heteroatoms. The average Bonchev–Trinajstić information content (AvgIpc) is 2.76. The van der Waals surface area contributed by atoms with Gasteiger partial charge in [-0.15, -0.1) is 0 Å². The highest BCUT2D eigenvalue weighted by molar-refractivity contribution is 5.91. The van der Waals surface area contributed by atoms with Crippen LogP contribution in [0.15, 0.2) is 6.20 Å². The smallest absolute Gasteiger partial charge is 0.276 e. The van der Waals surface area contributed by atoms with Crippen LogP contribution in [0.3, 0.4) is 0 Å². The van der Waals surface area contributed by atoms with E-state index in [-0.39, 0.29) is 5.91 Å². The quantitative estimate of drug-likeness (QED) is 0.752. The number of aromatic amines is 1. The molecule has 0 unspecified atom stereocenters. The highest BCUT2D eigenvalue weighted by Gasteiger charge is 2.17. The van der Waals surface area contributed by atoms with Crippen LogP contribution in [0.25, 0.3) is 0 Å². The summed E-state index contributed by atoms with van der Waals surface area (Å²) in [5.41, 5.74) is 0.382. The molecular weight excluding hydrogens is 206 g/mol. The van der Waals surface area contributed by atoms with E-state index in [1.807, 2.05) is 14.1 Å². The fourth-order valence-electron chi connectivity index (χ4n) is 1.37. The first-order valence-corrected chi connectivity index (χ1v) is 5.45. The number of nitrogens with one attached hydrogen (secondary N) is 1. The lowest BCUT2D eigenvalue weighted by atomic mass is 10.3. The zero-order chi connectivity index (χ0) is 12.0. The summed E-state index contributed by atoms with van der Waals surface area (Å²) in [7, 11) is 3.98. The maximum absolute atomic E-state index is 12.0. The lowest BCUT2D eigenvalue weighted by Crippen LogP contribution is -2.37. The molecular formula is C10H19N5O. The SMILES string of the molecule is CCCN(CCN(C)C)C(=O)c1cn[nH]n1. The Morgan fingerprint density at radius 1 is 1.38 bits per heavy atom. The van der Waals surface area contributed by atoms with Gasteiger partial charge in [-0.05, 0) is 20.5 Å². The summed E-state index contributed by atoms with van der Waals surface area (Å²) >= 11 is 0. The molecule has 1 aromatic rings. The van der Waals surface area contributed by atoms with Crippen molar-refractivity contribution >= 4 is 5.91 Å². The number of amides is 1. The summed E-state index contributed by atoms with van der Waals surface area (Å²) in [5.74, 6) is -0.0579. The van der Waals surface area contributed by atoms with Crippen molar-refractivity contribution in [3.8, 4) is 0 Å². The fourth-order valence-corrected chi connectivity index (χ4v) is 1.37. The summed E-state index contributed by atoms with van der Waals surface area (Å²) in [6, 6.07) is 0. The van der Waals surface area contributed by atoms with Crippen molar-refractivity contribution in [2.45, 2.75) is 13.3 Å². The molecule has 0 spiro atoms. The third-order valence-corrected chi connectivity index (χ3v) is 2.23. The number of nitrogens with zero attached hydrogens (tertiary/aromatic N) is 4. The van der Waals surface area contributed by atoms with Crippen LogP contribution in [-0.2, 0) is 0 Å². The Morgan fingerprint density at radius 2 is 2.12 bits per heavy atom. The Kier molecular flexibility index (Phi) is 4.91. The molecule has 0 aliphatic carbocycles. The van der Waals surface area contributed by atoms with Crippen LogP contribution in [0.5, 0.6) is 0 Å². The number of hydrogen-bond acceptors (Lipinski definition) is 4. The number of rotatable bonds is 6. The molecule has 0 saturated carbocycles. The topological polar surface area (TPSA) is 65.1 Å². The number of likely N-dealkylation sites (N-methyl/N-ethyl adjacent to an activating group) is 1. The van der Waals surface area contributed by atoms with E-state index in [9.17, 15) is 4.79 Å². The van der Waals surface area contributed by atoms with Crippen LogP contribution < -0.4 is 0 Å². The van der Waals surface area contributed by atoms with Crippen molar-refractivity contribution in [2.24, 2.45) is 0 Å². The van der Waals surface area contributed by atoms with E-state index in [1.165, 1.54) is 6.20 Å². The van der Waals surface area contributed by atoms with E-state index in [4.69, 9.17) is 0 Å². The molecule has 0 fully saturated rings. The summed E-state index contributed by atoms with van der Waals surface area (Å²) in [6.45, 7) is 4.37. The predicted octanol–water partition coefficient (Wildman–Crippen LogP) is 0.219. The molecule has 0 aromatic carbocycles. The molecule has 0 aliphatic rings. The predicted molar refractivity (Wildman–Crippen MR) is 61.1 cm³/mol. The zero-order valence-electron chi connectivity index (χ0n) is 10.1. The van der Waals surface area contributed by atoms with Gasteiger partial charge in [-0.3, -0.25) is 4.79 Å². The van der Waals surface area contributed by atoms with Crippen LogP contribution in [0.4, 0.5) is 0 Å². The lowest BCUT2D eigenvalue weighted by Gasteiger charge is -2.22. The van der Waals surface area contributed by atoms with Crippen LogP contribution in [0.2, 0.25) is 0 Å². The van der Waals surface area contributed by atoms with Crippen molar-refractivity contribution in [3.05, 3.63) is 11.9 Å². The molecule has 1 N–H and O–H groups in total. The van der Waals surface area contributed by atoms with Crippen LogP contribution in [-0.4, -0.2) is 64.8 Å². The zero-order valence-corrected chi connectivity index (χ0v) is 10.1. The summed E-state index contributed by atoms with van der Waals surface area (Å²) < 4.78 is 0. The van der Waals surface area contributed by atoms with Gasteiger partial charge in [0.05, 0.1) is 6.20 Å². The average molecular weight is 225 g/mol. The standard InChI is InChI=1S/C10H19N5O/c1-4-5-15(7-6-14(2)3)10(16)9-8-11-13-12-9/h8H,4-7H2,1-3H3,(H,11,12,13). The van der Waals surface area contributed by atoms with E-state index >= 15 is 0 Å². The van der Waals surface area contributed by atoms with Crippen molar-refractivity contribution in [1.82, 2.24) is 25.2 Å². The van der Waals surface area contributed by atoms with Gasteiger partial charge in [-0.2, -0.15) is 15.4 Å². The Bertz CT molecular complexity index is 309. The summed E-state index contributed by atoms with van der Waals surface area (Å²) in [6.07, 6.45) is 2.40. The second kappa shape index (κ2) is 6.22. The van der Waals surface area contributed by atoms with Crippen LogP contribution in [0, 0.1) is 0 Å². The van der Waals surface area contributed by atoms with Gasteiger partial charge in [0.15, 0.2) is 5.69 Å². The molecule has 1 rings (SSSR count). The Morgan fingerprint density at radius 3 is 2.62 bits per heavy atom. The minimum atomic E-state index is -0.0579. The van der Waals surface area contributed by atoms with E-state index in [0.29, 0.717) is 12.2 Å². The van der Waals surface area contributed by atoms with Crippen LogP contribution in [0.1, 0.15) is 23.8 Å². The normalized spacial score (nSPS) is 10.8. The molecule has 1 aromatic heterocycles. The van der Waals surface area contributed by atoms with Crippen molar-refractivity contribution in [2.75, 3.05) is 33.7 Å². The molecule has 6 nitrogen and oxygen atoms in total. The van der Waals surface area contributed by atoms with E-state index in [0.717, 1.165) is 19.5 Å². The highest BCUT2D eigenvalue weighted by atomic mass is 16.2. The third-order valence-electron chi connectivity index (χ3n) is 2.23. The number of carbonyl (C=O) groups is 1. The van der Waals surface area contributed by atoms with Crippen LogP contribution >= 0.6 is 0 Å². The van der Waals surface area contributed by atoms with Gasteiger partial charge in [0.1, 0.15) is 0 Å². The lowest BCUT2D eigenvalue weighted by molar-refractivity contribution is 0.0739. The highest BCUT2D eigenvalue weighted by Crippen LogP contribution is 2.01. The minimum absolute atomic E-state index is 0.0579. The Balaban J connectivity index is 2.58. The monoisotopic (exact) mass is 225 g/mol. The molecule has 0 radical (unpaired) electrons. The second-order valence-electron chi connectivity index (χ2n) is 3.95. The first-order valence-electron chi connectivity index (χ1n) is 5.45. The molecule has 0 bridgehead atoms. The van der Waals surface area contributed by atoms with Crippen molar-refractivity contribution in [3.63, 3.8) is 0 Å². The molecule has 16 heavy (non-hydrogen) atoms. The largest absolute Gasteiger partial charge is 0.336 e. The van der Waals surface area contributed by atoms with Crippen molar-refractivity contribution < 1.29 is 4.79 Å². The van der Waals surface area contributed by atoms with Gasteiger partial charge >= 0.3 is 0 Å². The fraction of sp³-hybridized carbons (Fsp3) is 0.700. The number of carbonyl (C=O) groups excluding carboxylic acids is 1. The maximum atomic E-state index is 12.0. The van der Waals surface area contributed by atoms with E-state index < -0.39 is 0 Å². The number of hydrogen-bond donors (Lipinski definition) is 1. The number of aromatic nitrogens is 3. The minimum Gasteiger partial charge on any atom is -0.336 e.